The van der Waals surface area contributed by atoms with Gasteiger partial charge in [0, 0.05) is 37.2 Å². The van der Waals surface area contributed by atoms with Gasteiger partial charge in [-0.25, -0.2) is 12.8 Å². The van der Waals surface area contributed by atoms with Crippen molar-refractivity contribution in [1.82, 2.24) is 9.80 Å². The maximum atomic E-state index is 13.0. The summed E-state index contributed by atoms with van der Waals surface area (Å²) in [6.07, 6.45) is 1.62. The maximum Gasteiger partial charge on any atom is 0.253 e. The van der Waals surface area contributed by atoms with Gasteiger partial charge in [-0.1, -0.05) is 0 Å². The van der Waals surface area contributed by atoms with E-state index in [9.17, 15) is 22.4 Å². The Morgan fingerprint density at radius 1 is 1.15 bits per heavy atom. The first-order valence-corrected chi connectivity index (χ1v) is 11.2. The molecule has 0 bridgehead atoms. The van der Waals surface area contributed by atoms with Crippen LogP contribution in [-0.2, 0) is 14.6 Å². The number of piperidine rings is 1. The fraction of sp³-hybridized carbons (Fsp3) is 0.579. The summed E-state index contributed by atoms with van der Waals surface area (Å²) in [5, 5.41) is 0. The first-order chi connectivity index (χ1) is 12.8. The van der Waals surface area contributed by atoms with Crippen LogP contribution in [0.5, 0.6) is 0 Å². The van der Waals surface area contributed by atoms with Crippen LogP contribution in [0.3, 0.4) is 0 Å². The Bertz CT molecular complexity index is 802. The smallest absolute Gasteiger partial charge is 0.253 e. The third-order valence-electron chi connectivity index (χ3n) is 5.50. The Kier molecular flexibility index (Phi) is 5.83. The number of amides is 2. The van der Waals surface area contributed by atoms with Crippen LogP contribution in [0.25, 0.3) is 0 Å². The number of sulfone groups is 1. The van der Waals surface area contributed by atoms with Crippen LogP contribution in [0.2, 0.25) is 0 Å². The van der Waals surface area contributed by atoms with Crippen LogP contribution >= 0.6 is 0 Å². The Labute approximate surface area is 159 Å². The molecule has 6 nitrogen and oxygen atoms in total. The van der Waals surface area contributed by atoms with Gasteiger partial charge in [0.25, 0.3) is 5.91 Å². The highest BCUT2D eigenvalue weighted by atomic mass is 32.2. The molecule has 1 atom stereocenters. The number of carbonyl (C=O) groups excluding carboxylic acids is 2. The van der Waals surface area contributed by atoms with Gasteiger partial charge in [-0.2, -0.15) is 0 Å². The standard InChI is InChI=1S/C19H25FN2O4S/c1-2-22(17-9-12-27(25,26)13-17)19(24)15-7-10-21(11-8-15)18(23)14-3-5-16(20)6-4-14/h3-6,15,17H,2,7-13H2,1H3/t17-/m1/s1. The van der Waals surface area contributed by atoms with Gasteiger partial charge in [-0.05, 0) is 50.5 Å². The second-order valence-corrected chi connectivity index (χ2v) is 9.48. The molecule has 0 spiro atoms. The molecule has 2 aliphatic rings. The molecule has 2 saturated heterocycles. The number of nitrogens with zero attached hydrogens (tertiary/aromatic N) is 2. The first kappa shape index (κ1) is 19.8. The lowest BCUT2D eigenvalue weighted by molar-refractivity contribution is -0.138. The summed E-state index contributed by atoms with van der Waals surface area (Å²) in [5.41, 5.74) is 0.438. The Hall–Kier alpha value is -1.96. The molecule has 8 heteroatoms. The summed E-state index contributed by atoms with van der Waals surface area (Å²) in [7, 11) is -3.04. The monoisotopic (exact) mass is 396 g/mol. The minimum atomic E-state index is -3.04. The molecule has 1 aromatic carbocycles. The number of hydrogen-bond donors (Lipinski definition) is 0. The van der Waals surface area contributed by atoms with E-state index in [4.69, 9.17) is 0 Å². The predicted octanol–water partition coefficient (Wildman–Crippen LogP) is 1.71. The van der Waals surface area contributed by atoms with Gasteiger partial charge >= 0.3 is 0 Å². The number of halogens is 1. The molecular formula is C19H25FN2O4S. The van der Waals surface area contributed by atoms with Crippen molar-refractivity contribution in [2.75, 3.05) is 31.1 Å². The number of rotatable bonds is 4. The third-order valence-corrected chi connectivity index (χ3v) is 7.25. The fourth-order valence-electron chi connectivity index (χ4n) is 3.95. The Morgan fingerprint density at radius 2 is 1.78 bits per heavy atom. The summed E-state index contributed by atoms with van der Waals surface area (Å²) >= 11 is 0. The van der Waals surface area contributed by atoms with Crippen molar-refractivity contribution in [3.63, 3.8) is 0 Å². The van der Waals surface area contributed by atoms with Gasteiger partial charge in [0.05, 0.1) is 11.5 Å². The van der Waals surface area contributed by atoms with Crippen molar-refractivity contribution < 1.29 is 22.4 Å². The van der Waals surface area contributed by atoms with E-state index in [1.165, 1.54) is 24.3 Å². The Morgan fingerprint density at radius 3 is 2.30 bits per heavy atom. The summed E-state index contributed by atoms with van der Waals surface area (Å²) < 4.78 is 36.5. The molecule has 0 unspecified atom stereocenters. The molecule has 0 N–H and O–H groups in total. The molecule has 1 aromatic rings. The third kappa shape index (κ3) is 4.48. The van der Waals surface area contributed by atoms with Gasteiger partial charge in [0.15, 0.2) is 9.84 Å². The summed E-state index contributed by atoms with van der Waals surface area (Å²) in [5.74, 6) is -0.542. The number of carbonyl (C=O) groups is 2. The maximum absolute atomic E-state index is 13.0. The van der Waals surface area contributed by atoms with Crippen LogP contribution in [0.15, 0.2) is 24.3 Å². The lowest BCUT2D eigenvalue weighted by atomic mass is 9.94. The molecule has 2 heterocycles. The van der Waals surface area contributed by atoms with Crippen LogP contribution in [0.1, 0.15) is 36.5 Å². The molecule has 0 radical (unpaired) electrons. The van der Waals surface area contributed by atoms with E-state index in [1.54, 1.807) is 9.80 Å². The van der Waals surface area contributed by atoms with E-state index in [2.05, 4.69) is 0 Å². The van der Waals surface area contributed by atoms with E-state index in [0.29, 0.717) is 44.5 Å². The van der Waals surface area contributed by atoms with Gasteiger partial charge in [-0.3, -0.25) is 9.59 Å². The highest BCUT2D eigenvalue weighted by Gasteiger charge is 2.37. The van der Waals surface area contributed by atoms with E-state index >= 15 is 0 Å². The van der Waals surface area contributed by atoms with Gasteiger partial charge in [-0.15, -0.1) is 0 Å². The molecule has 0 aromatic heterocycles. The van der Waals surface area contributed by atoms with Crippen molar-refractivity contribution in [3.05, 3.63) is 35.6 Å². The van der Waals surface area contributed by atoms with E-state index < -0.39 is 9.84 Å². The second-order valence-electron chi connectivity index (χ2n) is 7.25. The number of likely N-dealkylation sites (tertiary alicyclic amines) is 1. The molecular weight excluding hydrogens is 371 g/mol. The minimum Gasteiger partial charge on any atom is -0.339 e. The topological polar surface area (TPSA) is 74.8 Å². The molecule has 2 amide bonds. The average molecular weight is 396 g/mol. The number of hydrogen-bond acceptors (Lipinski definition) is 4. The lowest BCUT2D eigenvalue weighted by Gasteiger charge is -2.36. The summed E-state index contributed by atoms with van der Waals surface area (Å²) in [6.45, 7) is 3.30. The zero-order valence-corrected chi connectivity index (χ0v) is 16.3. The van der Waals surface area contributed by atoms with Gasteiger partial charge in [0.1, 0.15) is 5.82 Å². The molecule has 0 saturated carbocycles. The lowest BCUT2D eigenvalue weighted by Crippen LogP contribution is -2.48. The van der Waals surface area contributed by atoms with Crippen molar-refractivity contribution in [2.45, 2.75) is 32.2 Å². The zero-order valence-electron chi connectivity index (χ0n) is 15.4. The first-order valence-electron chi connectivity index (χ1n) is 9.36. The fourth-order valence-corrected chi connectivity index (χ4v) is 5.68. The van der Waals surface area contributed by atoms with Crippen molar-refractivity contribution in [2.24, 2.45) is 5.92 Å². The van der Waals surface area contributed by atoms with E-state index in [-0.39, 0.29) is 41.1 Å². The van der Waals surface area contributed by atoms with Crippen LogP contribution in [0, 0.1) is 11.7 Å². The normalized spacial score (nSPS) is 22.6. The summed E-state index contributed by atoms with van der Waals surface area (Å²) in [4.78, 5) is 28.8. The molecule has 0 aliphatic carbocycles. The van der Waals surface area contributed by atoms with Crippen LogP contribution in [0.4, 0.5) is 4.39 Å². The average Bonchev–Trinajstić information content (AvgIpc) is 3.02. The Balaban J connectivity index is 1.58. The van der Waals surface area contributed by atoms with E-state index in [0.717, 1.165) is 0 Å². The summed E-state index contributed by atoms with van der Waals surface area (Å²) in [6, 6.07) is 5.23. The van der Waals surface area contributed by atoms with E-state index in [1.807, 2.05) is 6.92 Å². The molecule has 27 heavy (non-hydrogen) atoms. The molecule has 2 fully saturated rings. The SMILES string of the molecule is CCN(C(=O)C1CCN(C(=O)c2ccc(F)cc2)CC1)[C@@H]1CCS(=O)(=O)C1. The van der Waals surface area contributed by atoms with Crippen molar-refractivity contribution in [1.29, 1.82) is 0 Å². The highest BCUT2D eigenvalue weighted by molar-refractivity contribution is 7.91. The quantitative estimate of drug-likeness (QED) is 0.777. The van der Waals surface area contributed by atoms with Crippen LogP contribution < -0.4 is 0 Å². The second kappa shape index (κ2) is 7.96. The molecule has 3 rings (SSSR count). The predicted molar refractivity (Wildman–Crippen MR) is 99.5 cm³/mol. The van der Waals surface area contributed by atoms with Crippen LogP contribution in [-0.4, -0.2) is 67.2 Å². The van der Waals surface area contributed by atoms with Gasteiger partial charge in [0.2, 0.25) is 5.91 Å². The molecule has 2 aliphatic heterocycles. The minimum absolute atomic E-state index is 0.00604. The van der Waals surface area contributed by atoms with Crippen molar-refractivity contribution in [3.8, 4) is 0 Å². The zero-order chi connectivity index (χ0) is 19.6. The highest BCUT2D eigenvalue weighted by Crippen LogP contribution is 2.25. The largest absolute Gasteiger partial charge is 0.339 e. The van der Waals surface area contributed by atoms with Gasteiger partial charge < -0.3 is 9.80 Å². The van der Waals surface area contributed by atoms with Crippen molar-refractivity contribution >= 4 is 21.7 Å². The number of benzene rings is 1. The molecule has 148 valence electrons.